The van der Waals surface area contributed by atoms with Crippen molar-refractivity contribution in [2.45, 2.75) is 23.6 Å². The highest BCUT2D eigenvalue weighted by molar-refractivity contribution is 7.91. The lowest BCUT2D eigenvalue weighted by Crippen LogP contribution is -2.05. The highest BCUT2D eigenvalue weighted by atomic mass is 32.2. The highest BCUT2D eigenvalue weighted by Gasteiger charge is 2.23. The van der Waals surface area contributed by atoms with Crippen LogP contribution in [0.2, 0.25) is 0 Å². The Hall–Kier alpha value is -4.37. The minimum Gasteiger partial charge on any atom is -0.490 e. The van der Waals surface area contributed by atoms with Crippen molar-refractivity contribution in [1.29, 1.82) is 0 Å². The zero-order valence-corrected chi connectivity index (χ0v) is 21.3. The van der Waals surface area contributed by atoms with Crippen LogP contribution in [0.25, 0.3) is 0 Å². The molecule has 0 aliphatic carbocycles. The van der Waals surface area contributed by atoms with E-state index in [0.29, 0.717) is 59.1 Å². The summed E-state index contributed by atoms with van der Waals surface area (Å²) in [5.41, 5.74) is 12.7. The van der Waals surface area contributed by atoms with Gasteiger partial charge in [-0.05, 0) is 86.6 Å². The van der Waals surface area contributed by atoms with Crippen LogP contribution in [0.5, 0.6) is 34.5 Å². The molecule has 4 aromatic rings. The van der Waals surface area contributed by atoms with Crippen LogP contribution in [-0.2, 0) is 9.84 Å². The van der Waals surface area contributed by atoms with Gasteiger partial charge in [-0.3, -0.25) is 0 Å². The molecular formula is C28H28N2O6S. The monoisotopic (exact) mass is 520 g/mol. The van der Waals surface area contributed by atoms with E-state index in [2.05, 4.69) is 0 Å². The second kappa shape index (κ2) is 11.1. The van der Waals surface area contributed by atoms with Crippen molar-refractivity contribution >= 4 is 21.2 Å². The summed E-state index contributed by atoms with van der Waals surface area (Å²) in [6, 6.07) is 22.7. The average Bonchev–Trinajstić information content (AvgIpc) is 2.89. The first-order valence-corrected chi connectivity index (χ1v) is 13.1. The Morgan fingerprint density at radius 2 is 0.946 bits per heavy atom. The van der Waals surface area contributed by atoms with Gasteiger partial charge in [-0.15, -0.1) is 0 Å². The van der Waals surface area contributed by atoms with Gasteiger partial charge >= 0.3 is 0 Å². The molecule has 0 saturated heterocycles. The van der Waals surface area contributed by atoms with Crippen molar-refractivity contribution in [2.24, 2.45) is 0 Å². The van der Waals surface area contributed by atoms with E-state index in [1.165, 1.54) is 24.3 Å². The lowest BCUT2D eigenvalue weighted by atomic mass is 10.3. The summed E-state index contributed by atoms with van der Waals surface area (Å²) in [4.78, 5) is 0.102. The minimum absolute atomic E-state index is 0.0512. The molecule has 37 heavy (non-hydrogen) atoms. The molecule has 0 bridgehead atoms. The number of hydrogen-bond acceptors (Lipinski definition) is 8. The first-order valence-electron chi connectivity index (χ1n) is 11.7. The van der Waals surface area contributed by atoms with Crippen molar-refractivity contribution in [3.8, 4) is 34.5 Å². The zero-order chi connectivity index (χ0) is 26.4. The SMILES string of the molecule is CCOc1cc(S(=O)(=O)c2ccc(Oc3ccc(N)cc3)c(OCC)c2)ccc1Oc1ccc(N)cc1. The molecule has 0 heterocycles. The van der Waals surface area contributed by atoms with Crippen molar-refractivity contribution < 1.29 is 27.4 Å². The Bertz CT molecular complexity index is 1360. The molecule has 0 aromatic heterocycles. The Kier molecular flexibility index (Phi) is 7.74. The molecule has 0 atom stereocenters. The molecule has 0 spiro atoms. The molecule has 9 heteroatoms. The summed E-state index contributed by atoms with van der Waals surface area (Å²) >= 11 is 0. The molecule has 0 radical (unpaired) electrons. The summed E-state index contributed by atoms with van der Waals surface area (Å²) in [7, 11) is -3.92. The van der Waals surface area contributed by atoms with Gasteiger partial charge in [0.1, 0.15) is 11.5 Å². The van der Waals surface area contributed by atoms with Crippen LogP contribution in [0, 0.1) is 0 Å². The second-order valence-electron chi connectivity index (χ2n) is 7.93. The Labute approximate surface area is 216 Å². The van der Waals surface area contributed by atoms with Crippen molar-refractivity contribution in [1.82, 2.24) is 0 Å². The summed E-state index contributed by atoms with van der Waals surface area (Å²) in [6.07, 6.45) is 0. The van der Waals surface area contributed by atoms with Crippen LogP contribution in [0.4, 0.5) is 11.4 Å². The van der Waals surface area contributed by atoms with E-state index in [-0.39, 0.29) is 9.79 Å². The number of hydrogen-bond donors (Lipinski definition) is 2. The maximum absolute atomic E-state index is 13.5. The predicted octanol–water partition coefficient (Wildman–Crippen LogP) is 6.07. The van der Waals surface area contributed by atoms with Gasteiger partial charge in [-0.25, -0.2) is 8.42 Å². The molecule has 4 aromatic carbocycles. The van der Waals surface area contributed by atoms with E-state index in [0.717, 1.165) is 0 Å². The molecule has 0 amide bonds. The summed E-state index contributed by atoms with van der Waals surface area (Å²) in [5.74, 6) is 2.45. The minimum atomic E-state index is -3.92. The maximum atomic E-state index is 13.5. The topological polar surface area (TPSA) is 123 Å². The van der Waals surface area contributed by atoms with Gasteiger partial charge in [0, 0.05) is 23.5 Å². The largest absolute Gasteiger partial charge is 0.490 e. The molecule has 8 nitrogen and oxygen atoms in total. The molecule has 0 fully saturated rings. The van der Waals surface area contributed by atoms with E-state index >= 15 is 0 Å². The fourth-order valence-corrected chi connectivity index (χ4v) is 4.77. The van der Waals surface area contributed by atoms with E-state index < -0.39 is 9.84 Å². The van der Waals surface area contributed by atoms with Gasteiger partial charge in [0.15, 0.2) is 23.0 Å². The van der Waals surface area contributed by atoms with Gasteiger partial charge in [0.25, 0.3) is 0 Å². The van der Waals surface area contributed by atoms with Crippen molar-refractivity contribution in [3.63, 3.8) is 0 Å². The van der Waals surface area contributed by atoms with Crippen LogP contribution in [-0.4, -0.2) is 21.6 Å². The van der Waals surface area contributed by atoms with Crippen LogP contribution < -0.4 is 30.4 Å². The zero-order valence-electron chi connectivity index (χ0n) is 20.5. The molecule has 0 saturated carbocycles. The first kappa shape index (κ1) is 25.7. The molecular weight excluding hydrogens is 492 g/mol. The Morgan fingerprint density at radius 3 is 1.30 bits per heavy atom. The van der Waals surface area contributed by atoms with Crippen LogP contribution >= 0.6 is 0 Å². The third-order valence-electron chi connectivity index (χ3n) is 5.27. The summed E-state index contributed by atoms with van der Waals surface area (Å²) in [6.45, 7) is 4.27. The van der Waals surface area contributed by atoms with E-state index in [9.17, 15) is 8.42 Å². The van der Waals surface area contributed by atoms with Crippen molar-refractivity contribution in [3.05, 3.63) is 84.9 Å². The van der Waals surface area contributed by atoms with Gasteiger partial charge < -0.3 is 30.4 Å². The average molecular weight is 521 g/mol. The Balaban J connectivity index is 1.66. The highest BCUT2D eigenvalue weighted by Crippen LogP contribution is 2.38. The lowest BCUT2D eigenvalue weighted by molar-refractivity contribution is 0.320. The normalized spacial score (nSPS) is 11.1. The third kappa shape index (κ3) is 6.07. The van der Waals surface area contributed by atoms with E-state index in [4.69, 9.17) is 30.4 Å². The molecule has 4 N–H and O–H groups in total. The summed E-state index contributed by atoms with van der Waals surface area (Å²) < 4.78 is 50.3. The third-order valence-corrected chi connectivity index (χ3v) is 7.02. The number of nitrogen functional groups attached to an aromatic ring is 2. The number of sulfone groups is 1. The maximum Gasteiger partial charge on any atom is 0.206 e. The van der Waals surface area contributed by atoms with Crippen LogP contribution in [0.3, 0.4) is 0 Å². The van der Waals surface area contributed by atoms with Crippen LogP contribution in [0.1, 0.15) is 13.8 Å². The standard InChI is InChI=1S/C28H28N2O6S/c1-3-33-27-17-23(13-15-25(27)35-21-9-5-19(29)6-10-21)37(31,32)24-14-16-26(28(18-24)34-4-2)36-22-11-7-20(30)8-12-22/h5-18H,3-4,29-30H2,1-2H3. The molecule has 0 unspecified atom stereocenters. The molecule has 0 aliphatic rings. The first-order chi connectivity index (χ1) is 17.8. The predicted molar refractivity (Wildman–Crippen MR) is 143 cm³/mol. The van der Waals surface area contributed by atoms with Gasteiger partial charge in [0.2, 0.25) is 9.84 Å². The number of ether oxygens (including phenoxy) is 4. The number of benzene rings is 4. The van der Waals surface area contributed by atoms with Crippen LogP contribution in [0.15, 0.2) is 94.7 Å². The van der Waals surface area contributed by atoms with Gasteiger partial charge in [0.05, 0.1) is 23.0 Å². The lowest BCUT2D eigenvalue weighted by Gasteiger charge is -2.15. The number of nitrogens with two attached hydrogens (primary N) is 2. The second-order valence-corrected chi connectivity index (χ2v) is 9.88. The Morgan fingerprint density at radius 1 is 0.568 bits per heavy atom. The smallest absolute Gasteiger partial charge is 0.206 e. The quantitative estimate of drug-likeness (QED) is 0.242. The molecule has 0 aliphatic heterocycles. The van der Waals surface area contributed by atoms with Gasteiger partial charge in [-0.1, -0.05) is 0 Å². The summed E-state index contributed by atoms with van der Waals surface area (Å²) in [5, 5.41) is 0. The van der Waals surface area contributed by atoms with Crippen molar-refractivity contribution in [2.75, 3.05) is 24.7 Å². The fourth-order valence-electron chi connectivity index (χ4n) is 3.48. The fraction of sp³-hybridized carbons (Fsp3) is 0.143. The number of rotatable bonds is 10. The molecule has 192 valence electrons. The van der Waals surface area contributed by atoms with E-state index in [1.54, 1.807) is 60.7 Å². The number of anilines is 2. The molecule has 4 rings (SSSR count). The van der Waals surface area contributed by atoms with Gasteiger partial charge in [-0.2, -0.15) is 0 Å². The van der Waals surface area contributed by atoms with E-state index in [1.807, 2.05) is 13.8 Å².